The van der Waals surface area contributed by atoms with E-state index in [0.717, 1.165) is 41.6 Å². The summed E-state index contributed by atoms with van der Waals surface area (Å²) in [6, 6.07) is 8.10. The van der Waals surface area contributed by atoms with Crippen molar-refractivity contribution in [1.29, 1.82) is 0 Å². The number of hydrogen-bond acceptors (Lipinski definition) is 6. The first kappa shape index (κ1) is 16.2. The van der Waals surface area contributed by atoms with Gasteiger partial charge in [0.05, 0.1) is 13.2 Å². The minimum absolute atomic E-state index is 0.104. The molecule has 0 bridgehead atoms. The van der Waals surface area contributed by atoms with E-state index in [1.54, 1.807) is 23.7 Å². The molecule has 1 saturated heterocycles. The van der Waals surface area contributed by atoms with Gasteiger partial charge in [-0.15, -0.1) is 11.3 Å². The van der Waals surface area contributed by atoms with Crippen molar-refractivity contribution in [2.45, 2.75) is 20.0 Å². The zero-order valence-corrected chi connectivity index (χ0v) is 15.2. The highest BCUT2D eigenvalue weighted by Gasteiger charge is 2.25. The maximum atomic E-state index is 5.98. The van der Waals surface area contributed by atoms with Crippen LogP contribution >= 0.6 is 11.3 Å². The molecule has 0 N–H and O–H groups in total. The highest BCUT2D eigenvalue weighted by Crippen LogP contribution is 2.31. The van der Waals surface area contributed by atoms with Crippen LogP contribution in [0.4, 0.5) is 5.82 Å². The minimum atomic E-state index is 0.104. The molecule has 0 aliphatic carbocycles. The van der Waals surface area contributed by atoms with Gasteiger partial charge in [0.25, 0.3) is 0 Å². The molecule has 25 heavy (non-hydrogen) atoms. The summed E-state index contributed by atoms with van der Waals surface area (Å²) in [4.78, 5) is 17.2. The molecule has 3 aromatic rings. The number of ether oxygens (including phenoxy) is 1. The Morgan fingerprint density at radius 1 is 1.16 bits per heavy atom. The number of aromatic nitrogens is 3. The van der Waals surface area contributed by atoms with Crippen LogP contribution in [0, 0.1) is 13.8 Å². The Kier molecular flexibility index (Phi) is 4.46. The summed E-state index contributed by atoms with van der Waals surface area (Å²) in [5.41, 5.74) is 3.13. The van der Waals surface area contributed by atoms with Crippen LogP contribution in [0.3, 0.4) is 0 Å². The largest absolute Gasteiger partial charge is 0.369 e. The second-order valence-electron chi connectivity index (χ2n) is 6.14. The summed E-state index contributed by atoms with van der Waals surface area (Å²) < 4.78 is 5.98. The summed E-state index contributed by atoms with van der Waals surface area (Å²) in [7, 11) is 0. The third-order valence-corrected chi connectivity index (χ3v) is 5.49. The molecule has 0 aromatic carbocycles. The molecule has 6 heteroatoms. The first-order valence-electron chi connectivity index (χ1n) is 8.38. The number of rotatable bonds is 3. The molecule has 128 valence electrons. The lowest BCUT2D eigenvalue weighted by atomic mass is 10.1. The van der Waals surface area contributed by atoms with Crippen LogP contribution < -0.4 is 4.90 Å². The van der Waals surface area contributed by atoms with Crippen LogP contribution in [0.5, 0.6) is 0 Å². The van der Waals surface area contributed by atoms with Crippen LogP contribution in [-0.2, 0) is 4.74 Å². The molecule has 1 atom stereocenters. The van der Waals surface area contributed by atoms with Crippen molar-refractivity contribution < 1.29 is 4.74 Å². The van der Waals surface area contributed by atoms with E-state index in [0.29, 0.717) is 6.61 Å². The fourth-order valence-electron chi connectivity index (χ4n) is 3.04. The standard InChI is InChI=1S/C19H20N4OS/c1-13-14(2)21-18(15-5-7-20-8-6-15)22-19(13)23-9-10-24-16(12-23)17-4-3-11-25-17/h3-8,11,16H,9-10,12H2,1-2H3. The molecule has 0 radical (unpaired) electrons. The van der Waals surface area contributed by atoms with Gasteiger partial charge < -0.3 is 9.64 Å². The Morgan fingerprint density at radius 3 is 2.76 bits per heavy atom. The van der Waals surface area contributed by atoms with E-state index < -0.39 is 0 Å². The Hall–Kier alpha value is -2.31. The number of thiophene rings is 1. The summed E-state index contributed by atoms with van der Waals surface area (Å²) in [6.07, 6.45) is 3.65. The molecular formula is C19H20N4OS. The smallest absolute Gasteiger partial charge is 0.161 e. The molecular weight excluding hydrogens is 332 g/mol. The van der Waals surface area contributed by atoms with E-state index in [-0.39, 0.29) is 6.10 Å². The SMILES string of the molecule is Cc1nc(-c2ccncc2)nc(N2CCOC(c3cccs3)C2)c1C. The van der Waals surface area contributed by atoms with Crippen molar-refractivity contribution >= 4 is 17.2 Å². The number of aryl methyl sites for hydroxylation is 1. The third-order valence-electron chi connectivity index (χ3n) is 4.53. The van der Waals surface area contributed by atoms with E-state index in [4.69, 9.17) is 9.72 Å². The van der Waals surface area contributed by atoms with Gasteiger partial charge in [-0.2, -0.15) is 0 Å². The van der Waals surface area contributed by atoms with Gasteiger partial charge in [-0.25, -0.2) is 9.97 Å². The van der Waals surface area contributed by atoms with E-state index in [1.165, 1.54) is 4.88 Å². The monoisotopic (exact) mass is 352 g/mol. The van der Waals surface area contributed by atoms with Crippen LogP contribution in [0.15, 0.2) is 42.0 Å². The van der Waals surface area contributed by atoms with Crippen molar-refractivity contribution in [2.75, 3.05) is 24.6 Å². The number of morpholine rings is 1. The van der Waals surface area contributed by atoms with Gasteiger partial charge in [0.2, 0.25) is 0 Å². The van der Waals surface area contributed by atoms with E-state index in [9.17, 15) is 0 Å². The van der Waals surface area contributed by atoms with Gasteiger partial charge in [-0.3, -0.25) is 4.98 Å². The molecule has 0 amide bonds. The topological polar surface area (TPSA) is 51.1 Å². The fourth-order valence-corrected chi connectivity index (χ4v) is 3.81. The molecule has 4 rings (SSSR count). The number of nitrogens with zero attached hydrogens (tertiary/aromatic N) is 4. The average Bonchev–Trinajstić information content (AvgIpc) is 3.19. The van der Waals surface area contributed by atoms with Gasteiger partial charge >= 0.3 is 0 Å². The fraction of sp³-hybridized carbons (Fsp3) is 0.316. The molecule has 0 saturated carbocycles. The first-order chi connectivity index (χ1) is 12.2. The summed E-state index contributed by atoms with van der Waals surface area (Å²) in [6.45, 7) is 6.50. The molecule has 0 spiro atoms. The Bertz CT molecular complexity index is 851. The van der Waals surface area contributed by atoms with Crippen LogP contribution in [-0.4, -0.2) is 34.6 Å². The van der Waals surface area contributed by atoms with Crippen molar-refractivity contribution in [3.05, 3.63) is 58.2 Å². The number of anilines is 1. The van der Waals surface area contributed by atoms with Gasteiger partial charge in [0, 0.05) is 40.6 Å². The van der Waals surface area contributed by atoms with Gasteiger partial charge in [0.15, 0.2) is 5.82 Å². The van der Waals surface area contributed by atoms with Crippen molar-refractivity contribution in [2.24, 2.45) is 0 Å². The lowest BCUT2D eigenvalue weighted by Crippen LogP contribution is -2.39. The normalized spacial score (nSPS) is 17.7. The van der Waals surface area contributed by atoms with E-state index in [1.807, 2.05) is 19.1 Å². The zero-order chi connectivity index (χ0) is 17.2. The quantitative estimate of drug-likeness (QED) is 0.718. The Labute approximate surface area is 151 Å². The van der Waals surface area contributed by atoms with Gasteiger partial charge in [-0.1, -0.05) is 6.07 Å². The Balaban J connectivity index is 1.68. The maximum Gasteiger partial charge on any atom is 0.161 e. The summed E-state index contributed by atoms with van der Waals surface area (Å²) in [5.74, 6) is 1.75. The third kappa shape index (κ3) is 3.27. The lowest BCUT2D eigenvalue weighted by Gasteiger charge is -2.34. The molecule has 1 aliphatic rings. The molecule has 4 heterocycles. The predicted octanol–water partition coefficient (Wildman–Crippen LogP) is 3.79. The van der Waals surface area contributed by atoms with Crippen molar-refractivity contribution in [1.82, 2.24) is 15.0 Å². The highest BCUT2D eigenvalue weighted by atomic mass is 32.1. The van der Waals surface area contributed by atoms with Gasteiger partial charge in [0.1, 0.15) is 11.9 Å². The maximum absolute atomic E-state index is 5.98. The molecule has 5 nitrogen and oxygen atoms in total. The van der Waals surface area contributed by atoms with E-state index >= 15 is 0 Å². The highest BCUT2D eigenvalue weighted by molar-refractivity contribution is 7.10. The van der Waals surface area contributed by atoms with Crippen LogP contribution in [0.25, 0.3) is 11.4 Å². The molecule has 3 aromatic heterocycles. The molecule has 1 fully saturated rings. The minimum Gasteiger partial charge on any atom is -0.369 e. The number of hydrogen-bond donors (Lipinski definition) is 0. The van der Waals surface area contributed by atoms with Gasteiger partial charge in [-0.05, 0) is 37.4 Å². The number of pyridine rings is 1. The first-order valence-corrected chi connectivity index (χ1v) is 9.26. The van der Waals surface area contributed by atoms with E-state index in [2.05, 4.69) is 39.3 Å². The Morgan fingerprint density at radius 2 is 2.00 bits per heavy atom. The summed E-state index contributed by atoms with van der Waals surface area (Å²) >= 11 is 1.74. The summed E-state index contributed by atoms with van der Waals surface area (Å²) in [5, 5.41) is 2.10. The lowest BCUT2D eigenvalue weighted by molar-refractivity contribution is 0.0418. The zero-order valence-electron chi connectivity index (χ0n) is 14.3. The second-order valence-corrected chi connectivity index (χ2v) is 7.12. The average molecular weight is 352 g/mol. The molecule has 1 aliphatic heterocycles. The van der Waals surface area contributed by atoms with Crippen molar-refractivity contribution in [3.63, 3.8) is 0 Å². The van der Waals surface area contributed by atoms with Crippen molar-refractivity contribution in [3.8, 4) is 11.4 Å². The van der Waals surface area contributed by atoms with Crippen LogP contribution in [0.1, 0.15) is 22.2 Å². The predicted molar refractivity (Wildman–Crippen MR) is 100.0 cm³/mol. The van der Waals surface area contributed by atoms with Crippen LogP contribution in [0.2, 0.25) is 0 Å². The second kappa shape index (κ2) is 6.90. The molecule has 1 unspecified atom stereocenters.